The van der Waals surface area contributed by atoms with Gasteiger partial charge in [0.2, 0.25) is 5.89 Å². The van der Waals surface area contributed by atoms with Crippen molar-refractivity contribution in [2.45, 2.75) is 13.5 Å². The number of hydrogen-bond acceptors (Lipinski definition) is 6. The lowest BCUT2D eigenvalue weighted by Crippen LogP contribution is -2.00. The van der Waals surface area contributed by atoms with E-state index in [2.05, 4.69) is 4.98 Å². The maximum absolute atomic E-state index is 11.6. The maximum Gasteiger partial charge on any atom is 0.336 e. The molecule has 0 unspecified atom stereocenters. The van der Waals surface area contributed by atoms with Gasteiger partial charge in [-0.05, 0) is 42.8 Å². The molecule has 142 valence electrons. The van der Waals surface area contributed by atoms with Crippen LogP contribution in [0.15, 0.2) is 62.4 Å². The predicted molar refractivity (Wildman–Crippen MR) is 105 cm³/mol. The first-order valence-corrected chi connectivity index (χ1v) is 8.87. The SMILES string of the molecule is COc1ccc(-c2nc(COc3cc4oc(=O)cc(C)c4cc3Cl)co2)cc1. The Morgan fingerprint density at radius 1 is 1.14 bits per heavy atom. The van der Waals surface area contributed by atoms with Crippen LogP contribution in [0.3, 0.4) is 0 Å². The van der Waals surface area contributed by atoms with Gasteiger partial charge in [-0.2, -0.15) is 0 Å². The minimum Gasteiger partial charge on any atom is -0.497 e. The summed E-state index contributed by atoms with van der Waals surface area (Å²) in [7, 11) is 1.61. The van der Waals surface area contributed by atoms with Gasteiger partial charge in [-0.15, -0.1) is 0 Å². The minimum atomic E-state index is -0.418. The quantitative estimate of drug-likeness (QED) is 0.441. The molecule has 7 heteroatoms. The van der Waals surface area contributed by atoms with Crippen LogP contribution in [0.1, 0.15) is 11.3 Å². The van der Waals surface area contributed by atoms with Crippen molar-refractivity contribution in [2.24, 2.45) is 0 Å². The number of halogens is 1. The second kappa shape index (κ2) is 7.40. The van der Waals surface area contributed by atoms with E-state index in [4.69, 9.17) is 29.9 Å². The third kappa shape index (κ3) is 3.59. The van der Waals surface area contributed by atoms with E-state index < -0.39 is 5.63 Å². The van der Waals surface area contributed by atoms with Crippen molar-refractivity contribution in [1.29, 1.82) is 0 Å². The molecule has 0 amide bonds. The van der Waals surface area contributed by atoms with Crippen LogP contribution in [0.5, 0.6) is 11.5 Å². The molecular weight excluding hydrogens is 382 g/mol. The Morgan fingerprint density at radius 2 is 1.93 bits per heavy atom. The van der Waals surface area contributed by atoms with E-state index in [1.807, 2.05) is 31.2 Å². The average Bonchev–Trinajstić information content (AvgIpc) is 3.16. The van der Waals surface area contributed by atoms with E-state index in [1.165, 1.54) is 12.3 Å². The average molecular weight is 398 g/mol. The van der Waals surface area contributed by atoms with Crippen molar-refractivity contribution in [1.82, 2.24) is 4.98 Å². The molecule has 0 aliphatic heterocycles. The summed E-state index contributed by atoms with van der Waals surface area (Å²) in [5.41, 5.74) is 2.23. The number of aromatic nitrogens is 1. The highest BCUT2D eigenvalue weighted by atomic mass is 35.5. The Labute approximate surface area is 165 Å². The van der Waals surface area contributed by atoms with Crippen LogP contribution in [0.2, 0.25) is 5.02 Å². The Kier molecular flexibility index (Phi) is 4.79. The minimum absolute atomic E-state index is 0.154. The van der Waals surface area contributed by atoms with Gasteiger partial charge in [0.1, 0.15) is 35.6 Å². The molecule has 0 bridgehead atoms. The maximum atomic E-state index is 11.6. The molecule has 0 saturated heterocycles. The molecule has 0 N–H and O–H groups in total. The molecule has 6 nitrogen and oxygen atoms in total. The number of fused-ring (bicyclic) bond motifs is 1. The summed E-state index contributed by atoms with van der Waals surface area (Å²) < 4.78 is 21.7. The van der Waals surface area contributed by atoms with Crippen LogP contribution in [-0.2, 0) is 6.61 Å². The summed E-state index contributed by atoms with van der Waals surface area (Å²) in [5, 5.41) is 1.18. The smallest absolute Gasteiger partial charge is 0.336 e. The molecular formula is C21H16ClNO5. The number of methoxy groups -OCH3 is 1. The first kappa shape index (κ1) is 18.1. The van der Waals surface area contributed by atoms with Gasteiger partial charge in [0.05, 0.1) is 12.1 Å². The Balaban J connectivity index is 1.54. The Bertz CT molecular complexity index is 1190. The lowest BCUT2D eigenvalue weighted by Gasteiger charge is -2.08. The van der Waals surface area contributed by atoms with Crippen molar-refractivity contribution in [3.63, 3.8) is 0 Å². The molecule has 2 aromatic heterocycles. The Morgan fingerprint density at radius 3 is 2.68 bits per heavy atom. The summed E-state index contributed by atoms with van der Waals surface area (Å²) in [6.45, 7) is 1.98. The normalized spacial score (nSPS) is 11.0. The third-order valence-electron chi connectivity index (χ3n) is 4.27. The van der Waals surface area contributed by atoms with E-state index in [1.54, 1.807) is 19.2 Å². The Hall–Kier alpha value is -3.25. The topological polar surface area (TPSA) is 74.7 Å². The summed E-state index contributed by atoms with van der Waals surface area (Å²) in [6.07, 6.45) is 1.53. The standard InChI is InChI=1S/C21H16ClNO5/c1-12-7-20(24)28-18-9-19(17(22)8-16(12)18)26-10-14-11-27-21(23-14)13-3-5-15(25-2)6-4-13/h3-9,11H,10H2,1-2H3. The number of ether oxygens (including phenoxy) is 2. The van der Waals surface area contributed by atoms with Gasteiger partial charge in [0.15, 0.2) is 0 Å². The molecule has 0 aliphatic rings. The van der Waals surface area contributed by atoms with Crippen LogP contribution in [0, 0.1) is 6.92 Å². The van der Waals surface area contributed by atoms with Gasteiger partial charge in [0, 0.05) is 23.1 Å². The van der Waals surface area contributed by atoms with Crippen molar-refractivity contribution < 1.29 is 18.3 Å². The molecule has 0 fully saturated rings. The number of nitrogens with zero attached hydrogens (tertiary/aromatic N) is 1. The lowest BCUT2D eigenvalue weighted by molar-refractivity contribution is 0.301. The third-order valence-corrected chi connectivity index (χ3v) is 4.56. The summed E-state index contributed by atoms with van der Waals surface area (Å²) in [4.78, 5) is 16.0. The number of oxazole rings is 1. The summed E-state index contributed by atoms with van der Waals surface area (Å²) >= 11 is 6.31. The van der Waals surface area contributed by atoms with Crippen molar-refractivity contribution in [3.8, 4) is 23.0 Å². The largest absolute Gasteiger partial charge is 0.497 e. The van der Waals surface area contributed by atoms with E-state index in [9.17, 15) is 4.79 Å². The molecule has 4 rings (SSSR count). The van der Waals surface area contributed by atoms with Crippen LogP contribution in [0.25, 0.3) is 22.4 Å². The first-order chi connectivity index (χ1) is 13.5. The molecule has 28 heavy (non-hydrogen) atoms. The highest BCUT2D eigenvalue weighted by molar-refractivity contribution is 6.32. The fourth-order valence-electron chi connectivity index (χ4n) is 2.82. The van der Waals surface area contributed by atoms with Gasteiger partial charge in [-0.1, -0.05) is 11.6 Å². The van der Waals surface area contributed by atoms with Gasteiger partial charge in [-0.3, -0.25) is 0 Å². The second-order valence-corrected chi connectivity index (χ2v) is 6.60. The molecule has 0 aliphatic carbocycles. The van der Waals surface area contributed by atoms with Crippen LogP contribution >= 0.6 is 11.6 Å². The number of aryl methyl sites for hydroxylation is 1. The van der Waals surface area contributed by atoms with Crippen molar-refractivity contribution in [3.05, 3.63) is 75.4 Å². The van der Waals surface area contributed by atoms with E-state index in [-0.39, 0.29) is 6.61 Å². The summed E-state index contributed by atoms with van der Waals surface area (Å²) in [5.74, 6) is 1.64. The highest BCUT2D eigenvalue weighted by Crippen LogP contribution is 2.31. The van der Waals surface area contributed by atoms with Crippen molar-refractivity contribution in [2.75, 3.05) is 7.11 Å². The van der Waals surface area contributed by atoms with E-state index in [0.29, 0.717) is 27.9 Å². The zero-order valence-electron chi connectivity index (χ0n) is 15.2. The van der Waals surface area contributed by atoms with Crippen LogP contribution < -0.4 is 15.1 Å². The molecule has 2 aromatic carbocycles. The van der Waals surface area contributed by atoms with Gasteiger partial charge >= 0.3 is 5.63 Å². The van der Waals surface area contributed by atoms with Gasteiger partial charge < -0.3 is 18.3 Å². The second-order valence-electron chi connectivity index (χ2n) is 6.19. The van der Waals surface area contributed by atoms with E-state index in [0.717, 1.165) is 22.3 Å². The van der Waals surface area contributed by atoms with Gasteiger partial charge in [0.25, 0.3) is 0 Å². The first-order valence-electron chi connectivity index (χ1n) is 8.49. The molecule has 0 radical (unpaired) electrons. The summed E-state index contributed by atoms with van der Waals surface area (Å²) in [6, 6.07) is 12.1. The molecule has 4 aromatic rings. The molecule has 2 heterocycles. The molecule has 0 spiro atoms. The zero-order chi connectivity index (χ0) is 19.7. The number of rotatable bonds is 5. The van der Waals surface area contributed by atoms with E-state index >= 15 is 0 Å². The lowest BCUT2D eigenvalue weighted by atomic mass is 10.1. The predicted octanol–water partition coefficient (Wildman–Crippen LogP) is 5.00. The number of hydrogen-bond donors (Lipinski definition) is 0. The zero-order valence-corrected chi connectivity index (χ0v) is 15.9. The van der Waals surface area contributed by atoms with Gasteiger partial charge in [-0.25, -0.2) is 9.78 Å². The number of benzene rings is 2. The van der Waals surface area contributed by atoms with Crippen LogP contribution in [-0.4, -0.2) is 12.1 Å². The highest BCUT2D eigenvalue weighted by Gasteiger charge is 2.12. The van der Waals surface area contributed by atoms with Crippen molar-refractivity contribution >= 4 is 22.6 Å². The molecule has 0 atom stereocenters. The molecule has 0 saturated carbocycles. The monoisotopic (exact) mass is 397 g/mol. The fourth-order valence-corrected chi connectivity index (χ4v) is 3.04. The van der Waals surface area contributed by atoms with Crippen LogP contribution in [0.4, 0.5) is 0 Å². The fraction of sp³-hybridized carbons (Fsp3) is 0.143.